The average Bonchev–Trinajstić information content (AvgIpc) is 3.08. The lowest BCUT2D eigenvalue weighted by molar-refractivity contribution is 0.430. The summed E-state index contributed by atoms with van der Waals surface area (Å²) in [4.78, 5) is 1.38. The number of allylic oxidation sites excluding steroid dienone is 10. The molecule has 1 aliphatic rings. The third-order valence-corrected chi connectivity index (χ3v) is 7.67. The molecule has 2 rings (SSSR count). The summed E-state index contributed by atoms with van der Waals surface area (Å²) in [7, 11) is -1.22. The number of nitrogens with one attached hydrogen (secondary N) is 1. The van der Waals surface area contributed by atoms with Gasteiger partial charge in [-0.15, -0.1) is 23.1 Å². The maximum Gasteiger partial charge on any atom is 0.133 e. The van der Waals surface area contributed by atoms with Crippen molar-refractivity contribution in [2.45, 2.75) is 43.2 Å². The summed E-state index contributed by atoms with van der Waals surface area (Å²) in [6.07, 6.45) is 16.1. The van der Waals surface area contributed by atoms with Crippen LogP contribution in [0.5, 0.6) is 0 Å². The number of hydrogen-bond acceptors (Lipinski definition) is 5. The Morgan fingerprint density at radius 3 is 2.63 bits per heavy atom. The summed E-state index contributed by atoms with van der Waals surface area (Å²) in [5, 5.41) is 18.2. The van der Waals surface area contributed by atoms with E-state index in [1.165, 1.54) is 28.7 Å². The molecule has 0 bridgehead atoms. The van der Waals surface area contributed by atoms with E-state index in [0.29, 0.717) is 10.6 Å². The van der Waals surface area contributed by atoms with Crippen molar-refractivity contribution >= 4 is 39.7 Å². The van der Waals surface area contributed by atoms with Gasteiger partial charge in [0.05, 0.1) is 24.8 Å². The standard InChI is InChI=1S/C14H18N2OS3.C9H12O/c1-4-10(2)7-5-6-8-20(17)12-9-11(13(15)16)19-14(12)18-3;1-7-3-4-9(10)6-8(2)5-7/h4-9H,1-3H3,(H3,15,16);4-6,10H,3H2,1-2H3/b7-5-,8-6+,10-4-;. The Hall–Kier alpha value is -2.09. The minimum atomic E-state index is -1.22. The SMILES string of the molecule is CC1=CC(O)=CCC(C)=C1.C\C=C(C)/C=C\C=C\S(=O)c1cc(C(=N)N)sc1SC. The van der Waals surface area contributed by atoms with Crippen LogP contribution in [-0.2, 0) is 10.8 Å². The fourth-order valence-corrected chi connectivity index (χ4v) is 5.54. The molecular weight excluding hydrogens is 432 g/mol. The highest BCUT2D eigenvalue weighted by Crippen LogP contribution is 2.33. The number of nitrogens with two attached hydrogens (primary N) is 1. The molecule has 7 heteroatoms. The first-order valence-corrected chi connectivity index (χ1v) is 12.6. The Morgan fingerprint density at radius 1 is 1.33 bits per heavy atom. The topological polar surface area (TPSA) is 87.2 Å². The first-order chi connectivity index (χ1) is 14.2. The predicted molar refractivity (Wildman–Crippen MR) is 134 cm³/mol. The van der Waals surface area contributed by atoms with Crippen molar-refractivity contribution in [3.63, 3.8) is 0 Å². The number of aliphatic hydroxyl groups excluding tert-OH is 1. The van der Waals surface area contributed by atoms with Gasteiger partial charge in [-0.25, -0.2) is 4.21 Å². The molecule has 0 radical (unpaired) electrons. The minimum absolute atomic E-state index is 0.0149. The number of thioether (sulfide) groups is 1. The zero-order valence-corrected chi connectivity index (χ0v) is 20.5. The van der Waals surface area contributed by atoms with Crippen molar-refractivity contribution in [3.8, 4) is 0 Å². The molecule has 162 valence electrons. The van der Waals surface area contributed by atoms with Crippen molar-refractivity contribution in [1.29, 1.82) is 5.41 Å². The van der Waals surface area contributed by atoms with Crippen LogP contribution in [0.25, 0.3) is 0 Å². The van der Waals surface area contributed by atoms with Crippen LogP contribution in [0.4, 0.5) is 0 Å². The summed E-state index contributed by atoms with van der Waals surface area (Å²) >= 11 is 2.92. The Bertz CT molecular complexity index is 961. The van der Waals surface area contributed by atoms with Gasteiger partial charge in [0, 0.05) is 5.41 Å². The quantitative estimate of drug-likeness (QED) is 0.192. The third-order valence-electron chi connectivity index (χ3n) is 3.94. The molecule has 1 aromatic heterocycles. The van der Waals surface area contributed by atoms with E-state index in [1.54, 1.807) is 23.6 Å². The first-order valence-electron chi connectivity index (χ1n) is 9.33. The van der Waals surface area contributed by atoms with Crippen LogP contribution in [0.15, 0.2) is 85.6 Å². The molecule has 0 saturated carbocycles. The van der Waals surface area contributed by atoms with Gasteiger partial charge in [-0.2, -0.15) is 0 Å². The smallest absolute Gasteiger partial charge is 0.133 e. The number of thiophene rings is 1. The van der Waals surface area contributed by atoms with Crippen molar-refractivity contribution in [1.82, 2.24) is 0 Å². The molecule has 0 saturated heterocycles. The van der Waals surface area contributed by atoms with E-state index in [4.69, 9.17) is 16.2 Å². The Kier molecular flexibility index (Phi) is 11.5. The fraction of sp³-hybridized carbons (Fsp3) is 0.261. The van der Waals surface area contributed by atoms with Gasteiger partial charge in [-0.3, -0.25) is 5.41 Å². The molecule has 1 aromatic rings. The van der Waals surface area contributed by atoms with Crippen LogP contribution < -0.4 is 5.73 Å². The predicted octanol–water partition coefficient (Wildman–Crippen LogP) is 6.62. The molecule has 1 aliphatic carbocycles. The first kappa shape index (κ1) is 25.9. The third kappa shape index (κ3) is 9.15. The van der Waals surface area contributed by atoms with Crippen molar-refractivity contribution in [3.05, 3.63) is 81.4 Å². The minimum Gasteiger partial charge on any atom is -0.508 e. The normalized spacial score (nSPS) is 15.8. The van der Waals surface area contributed by atoms with Gasteiger partial charge in [0.2, 0.25) is 0 Å². The monoisotopic (exact) mass is 462 g/mol. The second-order valence-corrected chi connectivity index (χ2v) is 10.0. The maximum absolute atomic E-state index is 12.2. The Balaban J connectivity index is 0.000000375. The van der Waals surface area contributed by atoms with Gasteiger partial charge in [0.15, 0.2) is 0 Å². The zero-order valence-electron chi connectivity index (χ0n) is 18.1. The second-order valence-electron chi connectivity index (χ2n) is 6.61. The van der Waals surface area contributed by atoms with Crippen molar-refractivity contribution in [2.24, 2.45) is 5.73 Å². The molecule has 0 amide bonds. The molecule has 4 nitrogen and oxygen atoms in total. The van der Waals surface area contributed by atoms with Crippen LogP contribution >= 0.6 is 23.1 Å². The van der Waals surface area contributed by atoms with E-state index in [1.807, 2.05) is 51.3 Å². The van der Waals surface area contributed by atoms with Gasteiger partial charge in [0.1, 0.15) is 11.6 Å². The summed E-state index contributed by atoms with van der Waals surface area (Å²) in [6, 6.07) is 1.74. The number of amidine groups is 1. The van der Waals surface area contributed by atoms with Gasteiger partial charge in [-0.1, -0.05) is 41.5 Å². The van der Waals surface area contributed by atoms with Gasteiger partial charge in [0.25, 0.3) is 0 Å². The molecule has 1 heterocycles. The Labute approximate surface area is 190 Å². The molecule has 0 fully saturated rings. The molecule has 1 atom stereocenters. The maximum atomic E-state index is 12.2. The van der Waals surface area contributed by atoms with Crippen LogP contribution in [0.1, 0.15) is 39.0 Å². The molecule has 1 unspecified atom stereocenters. The highest BCUT2D eigenvalue weighted by Gasteiger charge is 2.13. The molecule has 0 aliphatic heterocycles. The largest absolute Gasteiger partial charge is 0.508 e. The van der Waals surface area contributed by atoms with E-state index in [-0.39, 0.29) is 5.84 Å². The lowest BCUT2D eigenvalue weighted by Gasteiger charge is -1.95. The molecular formula is C23H30N2O2S3. The van der Waals surface area contributed by atoms with Crippen molar-refractivity contribution in [2.75, 3.05) is 6.26 Å². The van der Waals surface area contributed by atoms with E-state index >= 15 is 0 Å². The zero-order chi connectivity index (χ0) is 22.7. The van der Waals surface area contributed by atoms with Gasteiger partial charge >= 0.3 is 0 Å². The number of hydrogen-bond donors (Lipinski definition) is 3. The fourth-order valence-electron chi connectivity index (χ4n) is 2.31. The lowest BCUT2D eigenvalue weighted by atomic mass is 10.2. The van der Waals surface area contributed by atoms with E-state index < -0.39 is 10.8 Å². The Morgan fingerprint density at radius 2 is 2.03 bits per heavy atom. The van der Waals surface area contributed by atoms with E-state index in [2.05, 4.69) is 13.0 Å². The van der Waals surface area contributed by atoms with Crippen LogP contribution in [0.2, 0.25) is 0 Å². The van der Waals surface area contributed by atoms with Crippen LogP contribution in [-0.4, -0.2) is 21.4 Å². The summed E-state index contributed by atoms with van der Waals surface area (Å²) in [5.74, 6) is 0.395. The van der Waals surface area contributed by atoms with E-state index in [0.717, 1.165) is 26.7 Å². The number of aliphatic hydroxyl groups is 1. The summed E-state index contributed by atoms with van der Waals surface area (Å²) in [6.45, 7) is 8.03. The average molecular weight is 463 g/mol. The number of nitrogen functional groups attached to an aromatic ring is 1. The summed E-state index contributed by atoms with van der Waals surface area (Å²) in [5.41, 5.74) is 9.03. The molecule has 30 heavy (non-hydrogen) atoms. The number of rotatable bonds is 6. The van der Waals surface area contributed by atoms with Crippen LogP contribution in [0.3, 0.4) is 0 Å². The summed E-state index contributed by atoms with van der Waals surface area (Å²) < 4.78 is 13.2. The molecule has 4 N–H and O–H groups in total. The lowest BCUT2D eigenvalue weighted by Crippen LogP contribution is -2.08. The second kappa shape index (κ2) is 13.3. The van der Waals surface area contributed by atoms with E-state index in [9.17, 15) is 4.21 Å². The van der Waals surface area contributed by atoms with Crippen LogP contribution in [0, 0.1) is 5.41 Å². The molecule has 0 aromatic carbocycles. The van der Waals surface area contributed by atoms with Crippen molar-refractivity contribution < 1.29 is 9.32 Å². The van der Waals surface area contributed by atoms with Gasteiger partial charge < -0.3 is 10.8 Å². The highest BCUT2D eigenvalue weighted by molar-refractivity contribution is 8.01. The highest BCUT2D eigenvalue weighted by atomic mass is 32.2. The molecule has 0 spiro atoms. The van der Waals surface area contributed by atoms with Gasteiger partial charge in [-0.05, 0) is 64.2 Å².